The first-order valence-corrected chi connectivity index (χ1v) is 18.4. The van der Waals surface area contributed by atoms with E-state index in [4.69, 9.17) is 27.9 Å². The number of hydrogen-bond donors (Lipinski definition) is 1. The van der Waals surface area contributed by atoms with Crippen LogP contribution in [0.15, 0.2) is 76.5 Å². The molecule has 0 aromatic heterocycles. The van der Waals surface area contributed by atoms with Gasteiger partial charge in [-0.15, -0.1) is 11.8 Å². The number of nitrogens with one attached hydrogen (secondary N) is 1. The molecule has 0 heterocycles. The molecule has 8 nitrogen and oxygen atoms in total. The van der Waals surface area contributed by atoms with Crippen molar-refractivity contribution in [1.29, 1.82) is 0 Å². The summed E-state index contributed by atoms with van der Waals surface area (Å²) in [5.41, 5.74) is 0.680. The summed E-state index contributed by atoms with van der Waals surface area (Å²) in [6, 6.07) is 17.3. The molecule has 3 aromatic rings. The van der Waals surface area contributed by atoms with Crippen molar-refractivity contribution in [3.8, 4) is 5.75 Å². The molecule has 3 aromatic carbocycles. The molecule has 4 rings (SSSR count). The number of nitrogens with zero attached hydrogens (tertiary/aromatic N) is 2. The smallest absolute Gasteiger partial charge is 0.264 e. The first kappa shape index (κ1) is 34.9. The van der Waals surface area contributed by atoms with E-state index in [2.05, 4.69) is 5.32 Å². The highest BCUT2D eigenvalue weighted by atomic mass is 35.5. The second kappa shape index (κ2) is 16.1. The minimum atomic E-state index is -4.27. The predicted molar refractivity (Wildman–Crippen MR) is 182 cm³/mol. The molecule has 0 aliphatic heterocycles. The van der Waals surface area contributed by atoms with Gasteiger partial charge in [-0.05, 0) is 81.0 Å². The van der Waals surface area contributed by atoms with E-state index in [0.717, 1.165) is 34.9 Å². The van der Waals surface area contributed by atoms with Gasteiger partial charge in [0.15, 0.2) is 0 Å². The first-order chi connectivity index (χ1) is 21.6. The summed E-state index contributed by atoms with van der Waals surface area (Å²) in [5.74, 6) is -0.573. The highest BCUT2D eigenvalue weighted by Crippen LogP contribution is 2.34. The predicted octanol–water partition coefficient (Wildman–Crippen LogP) is 7.18. The van der Waals surface area contributed by atoms with Crippen molar-refractivity contribution in [2.24, 2.45) is 0 Å². The van der Waals surface area contributed by atoms with Gasteiger partial charge in [-0.3, -0.25) is 13.9 Å². The zero-order chi connectivity index (χ0) is 32.6. The van der Waals surface area contributed by atoms with Gasteiger partial charge in [0.05, 0.1) is 17.2 Å². The number of anilines is 1. The van der Waals surface area contributed by atoms with Crippen LogP contribution in [0.25, 0.3) is 0 Å². The van der Waals surface area contributed by atoms with Gasteiger partial charge < -0.3 is 15.0 Å². The maximum Gasteiger partial charge on any atom is 0.264 e. The lowest BCUT2D eigenvalue weighted by Crippen LogP contribution is -2.53. The average Bonchev–Trinajstić information content (AvgIpc) is 3.54. The van der Waals surface area contributed by atoms with Crippen molar-refractivity contribution in [3.63, 3.8) is 0 Å². The number of thioether (sulfide) groups is 1. The molecule has 0 unspecified atom stereocenters. The van der Waals surface area contributed by atoms with Crippen LogP contribution < -0.4 is 14.4 Å². The van der Waals surface area contributed by atoms with E-state index in [0.29, 0.717) is 27.8 Å². The Bertz CT molecular complexity index is 1560. The summed E-state index contributed by atoms with van der Waals surface area (Å²) in [5, 5.41) is 3.78. The van der Waals surface area contributed by atoms with Crippen LogP contribution in [0.4, 0.5) is 5.69 Å². The second-order valence-corrected chi connectivity index (χ2v) is 14.3. The van der Waals surface area contributed by atoms with Crippen molar-refractivity contribution in [1.82, 2.24) is 10.2 Å². The Morgan fingerprint density at radius 3 is 2.22 bits per heavy atom. The van der Waals surface area contributed by atoms with Crippen LogP contribution in [0.1, 0.15) is 51.5 Å². The summed E-state index contributed by atoms with van der Waals surface area (Å²) >= 11 is 14.6. The third kappa shape index (κ3) is 8.47. The number of rotatable bonds is 14. The number of para-hydroxylation sites is 2. The van der Waals surface area contributed by atoms with Crippen LogP contribution in [0.3, 0.4) is 0 Å². The number of carbonyl (C=O) groups is 2. The van der Waals surface area contributed by atoms with Crippen molar-refractivity contribution < 1.29 is 22.7 Å². The molecular weight excluding hydrogens is 653 g/mol. The molecule has 0 radical (unpaired) electrons. The molecule has 45 heavy (non-hydrogen) atoms. The fourth-order valence-electron chi connectivity index (χ4n) is 5.47. The van der Waals surface area contributed by atoms with Gasteiger partial charge in [0, 0.05) is 33.1 Å². The van der Waals surface area contributed by atoms with E-state index in [1.165, 1.54) is 28.8 Å². The second-order valence-electron chi connectivity index (χ2n) is 10.7. The van der Waals surface area contributed by atoms with Crippen molar-refractivity contribution in [3.05, 3.63) is 82.3 Å². The van der Waals surface area contributed by atoms with Gasteiger partial charge in [-0.1, -0.05) is 61.2 Å². The fraction of sp³-hybridized carbons (Fsp3) is 0.394. The van der Waals surface area contributed by atoms with Gasteiger partial charge >= 0.3 is 0 Å². The number of halogens is 2. The van der Waals surface area contributed by atoms with Gasteiger partial charge in [0.2, 0.25) is 11.8 Å². The van der Waals surface area contributed by atoms with Crippen LogP contribution in [-0.2, 0) is 26.2 Å². The number of benzene rings is 3. The molecule has 0 saturated heterocycles. The fourth-order valence-corrected chi connectivity index (χ4v) is 7.82. The minimum absolute atomic E-state index is 0.0196. The summed E-state index contributed by atoms with van der Waals surface area (Å²) in [4.78, 5) is 30.4. The monoisotopic (exact) mass is 691 g/mol. The van der Waals surface area contributed by atoms with Crippen LogP contribution in [0.2, 0.25) is 10.0 Å². The average molecular weight is 693 g/mol. The summed E-state index contributed by atoms with van der Waals surface area (Å²) in [7, 11) is -4.27. The molecular formula is C33H39Cl2N3O5S2. The summed E-state index contributed by atoms with van der Waals surface area (Å²) in [6.45, 7) is 3.23. The molecule has 2 amide bonds. The van der Waals surface area contributed by atoms with Crippen LogP contribution >= 0.6 is 35.0 Å². The van der Waals surface area contributed by atoms with Crippen molar-refractivity contribution >= 4 is 62.5 Å². The van der Waals surface area contributed by atoms with E-state index in [1.807, 2.05) is 13.2 Å². The largest absolute Gasteiger partial charge is 0.492 e. The van der Waals surface area contributed by atoms with Crippen LogP contribution in [-0.4, -0.2) is 56.6 Å². The normalized spacial score (nSPS) is 14.2. The van der Waals surface area contributed by atoms with Gasteiger partial charge in [0.1, 0.15) is 18.3 Å². The number of sulfonamides is 1. The molecule has 1 N–H and O–H groups in total. The Labute approximate surface area is 280 Å². The molecule has 1 saturated carbocycles. The Morgan fingerprint density at radius 1 is 0.978 bits per heavy atom. The highest BCUT2D eigenvalue weighted by molar-refractivity contribution is 7.98. The van der Waals surface area contributed by atoms with Crippen molar-refractivity contribution in [2.45, 2.75) is 74.4 Å². The molecule has 1 aliphatic carbocycles. The molecule has 0 bridgehead atoms. The van der Waals surface area contributed by atoms with E-state index in [9.17, 15) is 18.0 Å². The number of carbonyl (C=O) groups excluding carboxylic acids is 2. The molecule has 1 atom stereocenters. The Balaban J connectivity index is 1.78. The highest BCUT2D eigenvalue weighted by Gasteiger charge is 2.36. The van der Waals surface area contributed by atoms with Crippen molar-refractivity contribution in [2.75, 3.05) is 23.7 Å². The van der Waals surface area contributed by atoms with Gasteiger partial charge in [-0.25, -0.2) is 8.42 Å². The maximum atomic E-state index is 14.5. The molecule has 0 spiro atoms. The molecule has 242 valence electrons. The molecule has 1 aliphatic rings. The van der Waals surface area contributed by atoms with E-state index in [-0.39, 0.29) is 35.7 Å². The number of hydrogen-bond acceptors (Lipinski definition) is 6. The zero-order valence-electron chi connectivity index (χ0n) is 25.7. The van der Waals surface area contributed by atoms with E-state index < -0.39 is 28.5 Å². The first-order valence-electron chi connectivity index (χ1n) is 15.0. The van der Waals surface area contributed by atoms with Crippen LogP contribution in [0.5, 0.6) is 5.75 Å². The Kier molecular flexibility index (Phi) is 12.5. The Hall–Kier alpha value is -2.92. The van der Waals surface area contributed by atoms with Crippen LogP contribution in [0, 0.1) is 0 Å². The lowest BCUT2D eigenvalue weighted by Gasteiger charge is -2.34. The van der Waals surface area contributed by atoms with E-state index >= 15 is 0 Å². The lowest BCUT2D eigenvalue weighted by molar-refractivity contribution is -0.140. The minimum Gasteiger partial charge on any atom is -0.492 e. The standard InChI is InChI=1S/C33H39Cl2N3O5S2/c1-4-29(33(40)36-23-11-6-7-12-23)37(21-26-27(34)13-10-14-28(26)35)32(39)22-38(30-15-8-9-16-31(30)43-5-2)45(41,42)25-19-17-24(44-3)18-20-25/h8-10,13-20,23,29H,4-7,11-12,21-22H2,1-3H3,(H,36,40)/t29-/m0/s1. The molecule has 1 fully saturated rings. The summed E-state index contributed by atoms with van der Waals surface area (Å²) < 4.78 is 35.4. The third-order valence-electron chi connectivity index (χ3n) is 7.84. The Morgan fingerprint density at radius 2 is 1.62 bits per heavy atom. The lowest BCUT2D eigenvalue weighted by atomic mass is 10.1. The quantitative estimate of drug-likeness (QED) is 0.180. The maximum absolute atomic E-state index is 14.5. The van der Waals surface area contributed by atoms with Gasteiger partial charge in [-0.2, -0.15) is 0 Å². The topological polar surface area (TPSA) is 96.0 Å². The molecule has 12 heteroatoms. The number of ether oxygens (including phenoxy) is 1. The third-order valence-corrected chi connectivity index (χ3v) is 11.1. The number of amides is 2. The SMILES string of the molecule is CCOc1ccccc1N(CC(=O)N(Cc1c(Cl)cccc1Cl)[C@@H](CC)C(=O)NC1CCCC1)S(=O)(=O)c1ccc(SC)cc1. The summed E-state index contributed by atoms with van der Waals surface area (Å²) in [6.07, 6.45) is 6.02. The zero-order valence-corrected chi connectivity index (χ0v) is 28.8. The van der Waals surface area contributed by atoms with E-state index in [1.54, 1.807) is 61.5 Å². The van der Waals surface area contributed by atoms with Gasteiger partial charge in [0.25, 0.3) is 10.0 Å².